The zero-order valence-electron chi connectivity index (χ0n) is 14.1. The molecule has 2 aromatic rings. The van der Waals surface area contributed by atoms with E-state index >= 15 is 0 Å². The van der Waals surface area contributed by atoms with Gasteiger partial charge in [-0.15, -0.1) is 13.2 Å². The number of benzene rings is 1. The first-order valence-corrected chi connectivity index (χ1v) is 7.82. The Morgan fingerprint density at radius 3 is 1.92 bits per heavy atom. The number of rotatable bonds is 7. The number of allylic oxidation sites excluding steroid dienone is 2. The second kappa shape index (κ2) is 7.76. The first kappa shape index (κ1) is 18.4. The van der Waals surface area contributed by atoms with Crippen LogP contribution < -0.4 is 17.1 Å². The van der Waals surface area contributed by atoms with Gasteiger partial charge in [-0.3, -0.25) is 0 Å². The Labute approximate surface area is 144 Å². The second-order valence-electron chi connectivity index (χ2n) is 5.63. The van der Waals surface area contributed by atoms with Crippen LogP contribution in [0.3, 0.4) is 0 Å². The molecule has 25 heavy (non-hydrogen) atoms. The van der Waals surface area contributed by atoms with Gasteiger partial charge in [-0.2, -0.15) is 0 Å². The molecular weight excluding hydrogens is 322 g/mol. The van der Waals surface area contributed by atoms with Crippen molar-refractivity contribution in [1.82, 2.24) is 13.7 Å². The van der Waals surface area contributed by atoms with Crippen LogP contribution in [0.1, 0.15) is 17.2 Å². The average molecular weight is 343 g/mol. The molecule has 0 radical (unpaired) electrons. The third-order valence-corrected chi connectivity index (χ3v) is 3.91. The molecule has 0 saturated heterocycles. The highest BCUT2D eigenvalue weighted by atomic mass is 16.3. The van der Waals surface area contributed by atoms with Gasteiger partial charge in [0.1, 0.15) is 0 Å². The van der Waals surface area contributed by atoms with Crippen LogP contribution in [-0.2, 0) is 19.6 Å². The number of aliphatic hydroxyl groups excluding tert-OH is 1. The highest BCUT2D eigenvalue weighted by Crippen LogP contribution is 2.17. The van der Waals surface area contributed by atoms with Crippen molar-refractivity contribution in [1.29, 1.82) is 0 Å². The zero-order chi connectivity index (χ0) is 18.6. The fourth-order valence-corrected chi connectivity index (χ4v) is 2.64. The molecule has 0 fully saturated rings. The lowest BCUT2D eigenvalue weighted by atomic mass is 10.0. The lowest BCUT2D eigenvalue weighted by Crippen LogP contribution is -2.54. The maximum absolute atomic E-state index is 12.5. The minimum atomic E-state index is -1.06. The van der Waals surface area contributed by atoms with Gasteiger partial charge in [0.05, 0.1) is 25.7 Å². The Morgan fingerprint density at radius 2 is 1.44 bits per heavy atom. The van der Waals surface area contributed by atoms with Gasteiger partial charge in [0.25, 0.3) is 0 Å². The number of aryl methyl sites for hydroxylation is 1. The summed E-state index contributed by atoms with van der Waals surface area (Å²) in [5.74, 6) is 0. The molecule has 1 aromatic carbocycles. The van der Waals surface area contributed by atoms with Crippen LogP contribution in [0.4, 0.5) is 0 Å². The van der Waals surface area contributed by atoms with Crippen LogP contribution in [-0.4, -0.2) is 18.8 Å². The fourth-order valence-electron chi connectivity index (χ4n) is 2.64. The molecule has 0 aliphatic carbocycles. The molecule has 1 unspecified atom stereocenters. The quantitative estimate of drug-likeness (QED) is 0.746. The van der Waals surface area contributed by atoms with Crippen molar-refractivity contribution in [3.8, 4) is 0 Å². The summed E-state index contributed by atoms with van der Waals surface area (Å²) in [4.78, 5) is 37.4. The molecule has 0 saturated carbocycles. The van der Waals surface area contributed by atoms with E-state index in [-0.39, 0.29) is 19.6 Å². The van der Waals surface area contributed by atoms with Crippen molar-refractivity contribution >= 4 is 0 Å². The summed E-state index contributed by atoms with van der Waals surface area (Å²) < 4.78 is 2.68. The Kier molecular flexibility index (Phi) is 5.71. The number of hydrogen-bond donors (Lipinski definition) is 1. The Bertz CT molecular complexity index is 917. The lowest BCUT2D eigenvalue weighted by molar-refractivity contribution is 0.149. The third-order valence-electron chi connectivity index (χ3n) is 3.91. The summed E-state index contributed by atoms with van der Waals surface area (Å²) in [6, 6.07) is 7.16. The van der Waals surface area contributed by atoms with Crippen molar-refractivity contribution in [3.05, 3.63) is 92.2 Å². The van der Waals surface area contributed by atoms with E-state index in [1.807, 2.05) is 19.1 Å². The maximum Gasteiger partial charge on any atom is 0.336 e. The number of nitrogens with zero attached hydrogens (tertiary/aromatic N) is 3. The monoisotopic (exact) mass is 343 g/mol. The fraction of sp³-hybridized carbons (Fsp3) is 0.278. The zero-order valence-corrected chi connectivity index (χ0v) is 14.1. The summed E-state index contributed by atoms with van der Waals surface area (Å²) >= 11 is 0. The second-order valence-corrected chi connectivity index (χ2v) is 5.63. The number of aliphatic hydroxyl groups is 1. The van der Waals surface area contributed by atoms with E-state index in [4.69, 9.17) is 0 Å². The van der Waals surface area contributed by atoms with E-state index in [1.165, 1.54) is 12.2 Å². The molecule has 7 nitrogen and oxygen atoms in total. The normalized spacial score (nSPS) is 11.9. The van der Waals surface area contributed by atoms with E-state index < -0.39 is 23.2 Å². The summed E-state index contributed by atoms with van der Waals surface area (Å²) in [6.45, 7) is 8.55. The minimum Gasteiger partial charge on any atom is -0.387 e. The van der Waals surface area contributed by atoms with E-state index in [0.29, 0.717) is 5.56 Å². The number of aromatic nitrogens is 3. The molecule has 132 valence electrons. The summed E-state index contributed by atoms with van der Waals surface area (Å²) in [6.07, 6.45) is 1.74. The summed E-state index contributed by atoms with van der Waals surface area (Å²) in [7, 11) is 0. The van der Waals surface area contributed by atoms with Gasteiger partial charge in [0.2, 0.25) is 0 Å². The van der Waals surface area contributed by atoms with Gasteiger partial charge in [0.15, 0.2) is 0 Å². The Morgan fingerprint density at radius 1 is 0.960 bits per heavy atom. The largest absolute Gasteiger partial charge is 0.387 e. The van der Waals surface area contributed by atoms with Crippen LogP contribution in [0.25, 0.3) is 0 Å². The van der Waals surface area contributed by atoms with Crippen molar-refractivity contribution in [2.75, 3.05) is 0 Å². The van der Waals surface area contributed by atoms with Crippen molar-refractivity contribution in [3.63, 3.8) is 0 Å². The molecule has 2 rings (SSSR count). The highest BCUT2D eigenvalue weighted by molar-refractivity contribution is 5.27. The van der Waals surface area contributed by atoms with Crippen LogP contribution >= 0.6 is 0 Å². The molecule has 7 heteroatoms. The molecule has 0 aliphatic heterocycles. The van der Waals surface area contributed by atoms with Crippen molar-refractivity contribution in [2.45, 2.75) is 32.7 Å². The Hall–Kier alpha value is -2.93. The SMILES string of the molecule is C=CCn1c(=O)n(CC=C)c(=O)n(CC(O)c2ccccc2C)c1=O. The van der Waals surface area contributed by atoms with Gasteiger partial charge in [0, 0.05) is 0 Å². The molecular formula is C18H21N3O4. The molecule has 1 aromatic heterocycles. The predicted octanol–water partition coefficient (Wildman–Crippen LogP) is 0.586. The maximum atomic E-state index is 12.5. The molecule has 1 N–H and O–H groups in total. The molecule has 1 heterocycles. The predicted molar refractivity (Wildman–Crippen MR) is 95.8 cm³/mol. The molecule has 0 spiro atoms. The van der Waals surface area contributed by atoms with Crippen LogP contribution in [0.5, 0.6) is 0 Å². The van der Waals surface area contributed by atoms with Gasteiger partial charge in [-0.1, -0.05) is 36.4 Å². The highest BCUT2D eigenvalue weighted by Gasteiger charge is 2.18. The molecule has 0 bridgehead atoms. The van der Waals surface area contributed by atoms with Gasteiger partial charge in [-0.25, -0.2) is 28.1 Å². The van der Waals surface area contributed by atoms with E-state index in [2.05, 4.69) is 13.2 Å². The molecule has 0 amide bonds. The first-order valence-electron chi connectivity index (χ1n) is 7.82. The van der Waals surface area contributed by atoms with E-state index in [1.54, 1.807) is 12.1 Å². The smallest absolute Gasteiger partial charge is 0.336 e. The number of hydrogen-bond acceptors (Lipinski definition) is 4. The summed E-state index contributed by atoms with van der Waals surface area (Å²) in [5.41, 5.74) is -0.818. The topological polar surface area (TPSA) is 86.2 Å². The average Bonchev–Trinajstić information content (AvgIpc) is 2.59. The van der Waals surface area contributed by atoms with Gasteiger partial charge < -0.3 is 5.11 Å². The van der Waals surface area contributed by atoms with Crippen LogP contribution in [0.15, 0.2) is 64.0 Å². The molecule has 1 atom stereocenters. The van der Waals surface area contributed by atoms with Crippen molar-refractivity contribution in [2.24, 2.45) is 0 Å². The van der Waals surface area contributed by atoms with E-state index in [9.17, 15) is 19.5 Å². The van der Waals surface area contributed by atoms with E-state index in [0.717, 1.165) is 19.3 Å². The molecule has 0 aliphatic rings. The Balaban J connectivity index is 2.60. The lowest BCUT2D eigenvalue weighted by Gasteiger charge is -2.17. The standard InChI is InChI=1S/C18H21N3O4/c1-4-10-19-16(23)20(11-5-2)18(25)21(17(19)24)12-15(22)14-9-7-6-8-13(14)3/h4-9,15,22H,1-2,10-12H2,3H3. The summed E-state index contributed by atoms with van der Waals surface area (Å²) in [5, 5.41) is 10.5. The minimum absolute atomic E-state index is 0.0322. The van der Waals surface area contributed by atoms with Gasteiger partial charge in [-0.05, 0) is 18.1 Å². The van der Waals surface area contributed by atoms with Crippen LogP contribution in [0.2, 0.25) is 0 Å². The third kappa shape index (κ3) is 3.61. The van der Waals surface area contributed by atoms with Crippen LogP contribution in [0, 0.1) is 6.92 Å². The first-order chi connectivity index (χ1) is 11.9. The van der Waals surface area contributed by atoms with Crippen molar-refractivity contribution < 1.29 is 5.11 Å². The van der Waals surface area contributed by atoms with Gasteiger partial charge >= 0.3 is 17.1 Å².